The van der Waals surface area contributed by atoms with Crippen LogP contribution in [0.3, 0.4) is 0 Å². The minimum Gasteiger partial charge on any atom is -0.748 e. The predicted octanol–water partition coefficient (Wildman–Crippen LogP) is 1.24. The average molecular weight is 417 g/mol. The van der Waals surface area contributed by atoms with Gasteiger partial charge in [-0.25, -0.2) is 8.42 Å². The number of rotatable bonds is 15. The van der Waals surface area contributed by atoms with Crippen molar-refractivity contribution in [3.05, 3.63) is 12.2 Å². The molecule has 0 fully saturated rings. The molecule has 27 heavy (non-hydrogen) atoms. The second-order valence-corrected chi connectivity index (χ2v) is 8.02. The van der Waals surface area contributed by atoms with Crippen LogP contribution in [0.25, 0.3) is 0 Å². The van der Waals surface area contributed by atoms with Gasteiger partial charge in [0.05, 0.1) is 16.2 Å². The number of unbranched alkanes of at least 4 members (excludes halogenated alkanes) is 8. The Morgan fingerprint density at radius 2 is 1.52 bits per heavy atom. The molecule has 0 bridgehead atoms. The molecule has 0 rings (SSSR count). The van der Waals surface area contributed by atoms with Gasteiger partial charge in [0.15, 0.2) is 0 Å². The molecule has 8 heteroatoms. The topological polar surface area (TPSA) is 115 Å². The summed E-state index contributed by atoms with van der Waals surface area (Å²) < 4.78 is 27.2. The quantitative estimate of drug-likeness (QED) is 0.180. The van der Waals surface area contributed by atoms with E-state index in [0.717, 1.165) is 51.4 Å². The minimum absolute atomic E-state index is 0. The number of aliphatic hydroxyl groups excluding tert-OH is 1. The summed E-state index contributed by atoms with van der Waals surface area (Å²) in [7, 11) is -3.92. The first-order valence-electron chi connectivity index (χ1n) is 9.62. The molecule has 1 atom stereocenters. The van der Waals surface area contributed by atoms with Crippen molar-refractivity contribution in [1.29, 1.82) is 0 Å². The summed E-state index contributed by atoms with van der Waals surface area (Å²) in [6.45, 7) is 2.20. The van der Waals surface area contributed by atoms with Gasteiger partial charge >= 0.3 is 35.5 Å². The van der Waals surface area contributed by atoms with Gasteiger partial charge in [-0.1, -0.05) is 64.0 Å². The van der Waals surface area contributed by atoms with Gasteiger partial charge in [-0.05, 0) is 32.1 Å². The molecule has 156 valence electrons. The normalized spacial score (nSPS) is 12.1. The number of carboxylic acid groups (broad SMARTS) is 1. The third-order valence-corrected chi connectivity index (χ3v) is 3.73. The van der Waals surface area contributed by atoms with Crippen LogP contribution in [0, 0.1) is 0 Å². The summed E-state index contributed by atoms with van der Waals surface area (Å²) in [6, 6.07) is 0. The van der Waals surface area contributed by atoms with E-state index in [0.29, 0.717) is 12.7 Å². The van der Waals surface area contributed by atoms with Crippen molar-refractivity contribution in [3.8, 4) is 0 Å². The van der Waals surface area contributed by atoms with Gasteiger partial charge in [-0.3, -0.25) is 4.79 Å². The number of carbonyl (C=O) groups is 1. The van der Waals surface area contributed by atoms with Crippen LogP contribution in [0.5, 0.6) is 0 Å². The van der Waals surface area contributed by atoms with Crippen LogP contribution in [0.1, 0.15) is 90.4 Å². The van der Waals surface area contributed by atoms with E-state index >= 15 is 0 Å². The maximum Gasteiger partial charge on any atom is 1.00 e. The monoisotopic (exact) mass is 416 g/mol. The smallest absolute Gasteiger partial charge is 0.748 e. The fraction of sp³-hybridized carbons (Fsp3) is 0.842. The Hall–Kier alpha value is 0.0800. The maximum absolute atomic E-state index is 10.3. The van der Waals surface area contributed by atoms with Crippen molar-refractivity contribution in [3.63, 3.8) is 0 Å². The van der Waals surface area contributed by atoms with Crippen molar-refractivity contribution in [2.45, 2.75) is 96.5 Å². The molecule has 6 nitrogen and oxygen atoms in total. The van der Waals surface area contributed by atoms with Gasteiger partial charge in [0, 0.05) is 12.7 Å². The van der Waals surface area contributed by atoms with E-state index in [4.69, 9.17) is 18.1 Å². The number of aliphatic hydroxyl groups is 1. The maximum atomic E-state index is 10.3. The zero-order chi connectivity index (χ0) is 20.3. The summed E-state index contributed by atoms with van der Waals surface area (Å²) in [5.74, 6) is -0.689. The zero-order valence-electron chi connectivity index (χ0n) is 17.4. The molecule has 0 aromatic carbocycles. The van der Waals surface area contributed by atoms with E-state index in [1.807, 2.05) is 0 Å². The van der Waals surface area contributed by atoms with Crippen molar-refractivity contribution in [2.75, 3.05) is 6.26 Å². The SMILES string of the molecule is CCCCCCC(O)C/C=C\CCCCCCCC(=O)O.CS(=O)(=O)[O-].[Na+]. The van der Waals surface area contributed by atoms with E-state index in [-0.39, 0.29) is 35.7 Å². The van der Waals surface area contributed by atoms with Crippen molar-refractivity contribution < 1.29 is 57.5 Å². The van der Waals surface area contributed by atoms with E-state index in [1.165, 1.54) is 25.7 Å². The first-order valence-corrected chi connectivity index (χ1v) is 11.4. The molecule has 1 unspecified atom stereocenters. The summed E-state index contributed by atoms with van der Waals surface area (Å²) in [5, 5.41) is 18.3. The molecular weight excluding hydrogens is 379 g/mol. The van der Waals surface area contributed by atoms with Crippen LogP contribution in [0.2, 0.25) is 0 Å². The van der Waals surface area contributed by atoms with Crippen LogP contribution >= 0.6 is 0 Å². The van der Waals surface area contributed by atoms with E-state index in [2.05, 4.69) is 19.1 Å². The Balaban J connectivity index is -0.000000844. The first-order chi connectivity index (χ1) is 12.2. The number of aliphatic carboxylic acids is 1. The van der Waals surface area contributed by atoms with Gasteiger partial charge in [0.2, 0.25) is 0 Å². The molecule has 0 saturated carbocycles. The van der Waals surface area contributed by atoms with Crippen LogP contribution in [-0.2, 0) is 14.9 Å². The van der Waals surface area contributed by atoms with E-state index < -0.39 is 16.1 Å². The predicted molar refractivity (Wildman–Crippen MR) is 104 cm³/mol. The standard InChI is InChI=1S/C18H34O3.CH4O3S.Na/c1-2-3-4-11-14-17(19)15-12-9-7-5-6-8-10-13-16-18(20)21;1-5(2,3)4;/h9,12,17,19H,2-8,10-11,13-16H2,1H3,(H,20,21);1H3,(H,2,3,4);/q;;+1/p-1/b12-9-;;. The summed E-state index contributed by atoms with van der Waals surface area (Å²) in [6.07, 6.45) is 18.0. The molecule has 0 aliphatic carbocycles. The zero-order valence-corrected chi connectivity index (χ0v) is 20.2. The second kappa shape index (κ2) is 22.4. The van der Waals surface area contributed by atoms with Crippen molar-refractivity contribution in [2.24, 2.45) is 0 Å². The minimum atomic E-state index is -3.92. The first kappa shape index (κ1) is 31.8. The Morgan fingerprint density at radius 1 is 1.00 bits per heavy atom. The third kappa shape index (κ3) is 41.5. The summed E-state index contributed by atoms with van der Waals surface area (Å²) >= 11 is 0. The fourth-order valence-electron chi connectivity index (χ4n) is 2.36. The molecule has 0 aliphatic rings. The molecule has 0 radical (unpaired) electrons. The Kier molecular flexibility index (Phi) is 26.3. The van der Waals surface area contributed by atoms with Crippen molar-refractivity contribution >= 4 is 16.1 Å². The largest absolute Gasteiger partial charge is 1.00 e. The average Bonchev–Trinajstić information content (AvgIpc) is 2.51. The number of carboxylic acids is 1. The molecule has 0 aliphatic heterocycles. The molecule has 0 aromatic heterocycles. The van der Waals surface area contributed by atoms with Gasteiger partial charge in [-0.15, -0.1) is 0 Å². The molecule has 2 N–H and O–H groups in total. The second-order valence-electron chi connectivity index (χ2n) is 6.61. The Labute approximate surface area is 187 Å². The molecule has 0 heterocycles. The van der Waals surface area contributed by atoms with Gasteiger partial charge in [-0.2, -0.15) is 0 Å². The van der Waals surface area contributed by atoms with Gasteiger partial charge in [0.1, 0.15) is 0 Å². The number of allylic oxidation sites excluding steroid dienone is 1. The summed E-state index contributed by atoms with van der Waals surface area (Å²) in [5.41, 5.74) is 0. The van der Waals surface area contributed by atoms with Crippen LogP contribution in [0.15, 0.2) is 12.2 Å². The van der Waals surface area contributed by atoms with Crippen molar-refractivity contribution in [1.82, 2.24) is 0 Å². The molecule has 0 aromatic rings. The fourth-order valence-corrected chi connectivity index (χ4v) is 2.36. The Bertz CT molecular complexity index is 443. The van der Waals surface area contributed by atoms with Gasteiger partial charge < -0.3 is 14.8 Å². The number of hydrogen-bond acceptors (Lipinski definition) is 5. The molecule has 0 amide bonds. The molecule has 0 saturated heterocycles. The van der Waals surface area contributed by atoms with Crippen LogP contribution in [0.4, 0.5) is 0 Å². The third-order valence-electron chi connectivity index (χ3n) is 3.73. The van der Waals surface area contributed by atoms with Crippen LogP contribution in [-0.4, -0.2) is 41.5 Å². The van der Waals surface area contributed by atoms with Crippen LogP contribution < -0.4 is 29.6 Å². The summed E-state index contributed by atoms with van der Waals surface area (Å²) in [4.78, 5) is 10.3. The van der Waals surface area contributed by atoms with E-state index in [9.17, 15) is 9.90 Å². The van der Waals surface area contributed by atoms with E-state index in [1.54, 1.807) is 0 Å². The Morgan fingerprint density at radius 3 is 2.07 bits per heavy atom. The molecular formula is C19H37NaO6S. The van der Waals surface area contributed by atoms with Gasteiger partial charge in [0.25, 0.3) is 0 Å². The number of hydrogen-bond donors (Lipinski definition) is 2. The molecule has 0 spiro atoms.